The lowest BCUT2D eigenvalue weighted by Gasteiger charge is -2.39. The van der Waals surface area contributed by atoms with E-state index >= 15 is 0 Å². The lowest BCUT2D eigenvalue weighted by molar-refractivity contribution is 0.346. The Hall–Kier alpha value is -6.66. The lowest BCUT2D eigenvalue weighted by Crippen LogP contribution is -2.30. The van der Waals surface area contributed by atoms with Crippen LogP contribution in [0.25, 0.3) is 0 Å². The van der Waals surface area contributed by atoms with E-state index in [9.17, 15) is 0 Å². The fraction of sp³-hybridized carbons (Fsp3) is 0.160. The van der Waals surface area contributed by atoms with E-state index in [1.54, 1.807) is 12.2 Å². The second kappa shape index (κ2) is 19.6. The maximum absolute atomic E-state index is 5.00. The average molecular weight is 733 g/mol. The van der Waals surface area contributed by atoms with Crippen LogP contribution in [-0.4, -0.2) is 43.3 Å². The molecule has 0 heterocycles. The molecule has 278 valence electrons. The fourth-order valence-corrected chi connectivity index (χ4v) is 7.16. The van der Waals surface area contributed by atoms with Gasteiger partial charge in [-0.2, -0.15) is 0 Å². The van der Waals surface area contributed by atoms with Crippen LogP contribution in [0.2, 0.25) is 0 Å². The van der Waals surface area contributed by atoms with Gasteiger partial charge in [-0.15, -0.1) is 0 Å². The van der Waals surface area contributed by atoms with Gasteiger partial charge in [-0.3, -0.25) is 9.98 Å². The molecule has 0 unspecified atom stereocenters. The van der Waals surface area contributed by atoms with Gasteiger partial charge in [0.05, 0.1) is 13.1 Å². The maximum atomic E-state index is 5.00. The van der Waals surface area contributed by atoms with Gasteiger partial charge in [0, 0.05) is 27.7 Å². The summed E-state index contributed by atoms with van der Waals surface area (Å²) in [7, 11) is 0. The van der Waals surface area contributed by atoms with E-state index in [1.807, 2.05) is 97.1 Å². The van der Waals surface area contributed by atoms with Gasteiger partial charge >= 0.3 is 0 Å². The Bertz CT molecular complexity index is 2260. The van der Waals surface area contributed by atoms with Crippen molar-refractivity contribution in [2.24, 2.45) is 30.0 Å². The highest BCUT2D eigenvalue weighted by Gasteiger charge is 2.35. The highest BCUT2D eigenvalue weighted by molar-refractivity contribution is 6.13. The van der Waals surface area contributed by atoms with Crippen molar-refractivity contribution < 1.29 is 0 Å². The minimum absolute atomic E-state index is 0.0978. The molecule has 0 amide bonds. The van der Waals surface area contributed by atoms with Crippen molar-refractivity contribution in [2.45, 2.75) is 44.1 Å². The predicted octanol–water partition coefficient (Wildman–Crippen LogP) is 11.2. The topological polar surface area (TPSA) is 74.2 Å². The zero-order chi connectivity index (χ0) is 39.0. The van der Waals surface area contributed by atoms with E-state index in [4.69, 9.17) is 20.0 Å². The van der Waals surface area contributed by atoms with E-state index in [0.717, 1.165) is 46.2 Å². The van der Waals surface area contributed by atoms with Gasteiger partial charge in [0.25, 0.3) is 0 Å². The van der Waals surface area contributed by atoms with Crippen molar-refractivity contribution in [2.75, 3.05) is 6.54 Å². The molecule has 6 heteroatoms. The van der Waals surface area contributed by atoms with Gasteiger partial charge in [-0.1, -0.05) is 190 Å². The molecule has 1 aliphatic rings. The molecule has 0 atom stereocenters. The van der Waals surface area contributed by atoms with Crippen molar-refractivity contribution in [3.8, 4) is 0 Å². The Kier molecular flexibility index (Phi) is 13.7. The van der Waals surface area contributed by atoms with E-state index in [2.05, 4.69) is 85.1 Å². The molecule has 0 aromatic heterocycles. The van der Waals surface area contributed by atoms with Crippen LogP contribution in [-0.2, 0) is 12.0 Å². The Morgan fingerprint density at radius 1 is 0.518 bits per heavy atom. The van der Waals surface area contributed by atoms with E-state index < -0.39 is 0 Å². The molecular formula is C50H48N6. The molecule has 0 bridgehead atoms. The summed E-state index contributed by atoms with van der Waals surface area (Å²) in [4.78, 5) is 28.3. The molecule has 5 aromatic rings. The zero-order valence-electron chi connectivity index (χ0n) is 32.0. The van der Waals surface area contributed by atoms with Crippen molar-refractivity contribution in [1.29, 1.82) is 0 Å². The highest BCUT2D eigenvalue weighted by atomic mass is 15.0. The molecule has 0 spiro atoms. The van der Waals surface area contributed by atoms with Crippen molar-refractivity contribution in [3.05, 3.63) is 215 Å². The van der Waals surface area contributed by atoms with Gasteiger partial charge in [-0.25, -0.2) is 20.0 Å². The van der Waals surface area contributed by atoms with Crippen molar-refractivity contribution in [3.63, 3.8) is 0 Å². The molecule has 0 N–H and O–H groups in total. The zero-order valence-corrected chi connectivity index (χ0v) is 32.0. The van der Waals surface area contributed by atoms with Gasteiger partial charge in [0.1, 0.15) is 0 Å². The Morgan fingerprint density at radius 2 is 0.964 bits per heavy atom. The third-order valence-electron chi connectivity index (χ3n) is 10.1. The molecule has 0 radical (unpaired) electrons. The highest BCUT2D eigenvalue weighted by Crippen LogP contribution is 2.45. The quantitative estimate of drug-likeness (QED) is 0.0696. The van der Waals surface area contributed by atoms with Crippen LogP contribution in [0.5, 0.6) is 0 Å². The van der Waals surface area contributed by atoms with Gasteiger partial charge < -0.3 is 0 Å². The molecular weight excluding hydrogens is 685 g/mol. The summed E-state index contributed by atoms with van der Waals surface area (Å²) >= 11 is 0. The summed E-state index contributed by atoms with van der Waals surface area (Å²) in [6, 6.07) is 47.5. The van der Waals surface area contributed by atoms with Crippen molar-refractivity contribution in [1.82, 2.24) is 0 Å². The number of amidine groups is 4. The second-order valence-electron chi connectivity index (χ2n) is 13.7. The van der Waals surface area contributed by atoms with E-state index in [1.165, 1.54) is 30.4 Å². The summed E-state index contributed by atoms with van der Waals surface area (Å²) in [6.07, 6.45) is 11.2. The molecule has 1 fully saturated rings. The Labute approximate surface area is 331 Å². The molecule has 1 saturated carbocycles. The molecule has 1 aliphatic carbocycles. The molecule has 56 heavy (non-hydrogen) atoms. The first-order valence-corrected chi connectivity index (χ1v) is 19.1. The smallest absolute Gasteiger partial charge is 0.161 e. The first-order chi connectivity index (χ1) is 27.6. The number of hydrogen-bond donors (Lipinski definition) is 0. The summed E-state index contributed by atoms with van der Waals surface area (Å²) in [5.41, 5.74) is 8.18. The van der Waals surface area contributed by atoms with Crippen LogP contribution in [0.1, 0.15) is 71.0 Å². The van der Waals surface area contributed by atoms with Gasteiger partial charge in [0.2, 0.25) is 0 Å². The number of rotatable bonds is 12. The van der Waals surface area contributed by atoms with Gasteiger partial charge in [-0.05, 0) is 48.5 Å². The predicted molar refractivity (Wildman–Crippen MR) is 238 cm³/mol. The monoisotopic (exact) mass is 732 g/mol. The first-order valence-electron chi connectivity index (χ1n) is 19.1. The number of allylic oxidation sites excluding steroid dienone is 2. The van der Waals surface area contributed by atoms with Crippen LogP contribution < -0.4 is 0 Å². The number of nitrogens with zero attached hydrogens (tertiary/aromatic N) is 6. The first kappa shape index (κ1) is 39.0. The van der Waals surface area contributed by atoms with Crippen LogP contribution in [0, 0.1) is 0 Å². The summed E-state index contributed by atoms with van der Waals surface area (Å²) < 4.78 is 0. The number of benzene rings is 5. The average Bonchev–Trinajstić information content (AvgIpc) is 3.27. The van der Waals surface area contributed by atoms with Gasteiger partial charge in [0.15, 0.2) is 23.3 Å². The molecule has 0 aliphatic heterocycles. The Balaban J connectivity index is 1.31. The number of aliphatic imine (C=N–C) groups is 6. The molecule has 5 aromatic carbocycles. The fourth-order valence-electron chi connectivity index (χ4n) is 7.16. The summed E-state index contributed by atoms with van der Waals surface area (Å²) in [5.74, 6) is 2.26. The standard InChI is InChI=1S/C50H48N6/c1-5-19-38(6-2)36-53-49(56-47(52-4)41-22-13-8-14-23-41)43-28-32-45(33-29-43)50(34-17-10-18-35-50)44-30-26-39(27-31-44)37-54-48(42-24-15-9-16-25-42)55-46(51-3)40-20-11-7-12-21-40/h5-9,11-16,19-33H,1-4,10,17-18,34-37H2/b38-19+,53-49?,54-48?,55-46?,56-47?. The SMILES string of the molecule is C=C/C=C(\C=C)CN=C(N=C(N=C)c1ccccc1)c1ccc(C2(c3ccc(CN=C(N=C(N=C)c4ccccc4)c4ccccc4)cc3)CCCCC2)cc1. The summed E-state index contributed by atoms with van der Waals surface area (Å²) in [5, 5.41) is 0. The third kappa shape index (κ3) is 9.71. The molecule has 6 nitrogen and oxygen atoms in total. The third-order valence-corrected chi connectivity index (χ3v) is 10.1. The normalized spacial score (nSPS) is 15.2. The number of hydrogen-bond acceptors (Lipinski definition) is 2. The molecule has 6 rings (SSSR count). The largest absolute Gasteiger partial charge is 0.261 e. The summed E-state index contributed by atoms with van der Waals surface area (Å²) in [6.45, 7) is 16.3. The van der Waals surface area contributed by atoms with E-state index in [-0.39, 0.29) is 5.41 Å². The lowest BCUT2D eigenvalue weighted by atomic mass is 9.65. The van der Waals surface area contributed by atoms with Crippen molar-refractivity contribution >= 4 is 36.8 Å². The molecule has 0 saturated heterocycles. The van der Waals surface area contributed by atoms with E-state index in [0.29, 0.717) is 36.4 Å². The minimum Gasteiger partial charge on any atom is -0.261 e. The van der Waals surface area contributed by atoms with Crippen LogP contribution in [0.4, 0.5) is 0 Å². The second-order valence-corrected chi connectivity index (χ2v) is 13.7. The van der Waals surface area contributed by atoms with Crippen LogP contribution in [0.15, 0.2) is 206 Å². The minimum atomic E-state index is -0.0978. The van der Waals surface area contributed by atoms with Crippen LogP contribution >= 0.6 is 0 Å². The van der Waals surface area contributed by atoms with Crippen LogP contribution in [0.3, 0.4) is 0 Å². The maximum Gasteiger partial charge on any atom is 0.161 e. The Morgan fingerprint density at radius 3 is 1.43 bits per heavy atom.